The predicted molar refractivity (Wildman–Crippen MR) is 79.5 cm³/mol. The summed E-state index contributed by atoms with van der Waals surface area (Å²) >= 11 is 0. The molecule has 0 spiro atoms. The molecule has 1 amide bonds. The Balaban J connectivity index is 4.66. The molecule has 0 aromatic rings. The van der Waals surface area contributed by atoms with Gasteiger partial charge in [-0.2, -0.15) is 0 Å². The molecule has 11 heteroatoms. The van der Waals surface area contributed by atoms with Crippen molar-refractivity contribution < 1.29 is 43.4 Å². The monoisotopic (exact) mass is 359 g/mol. The first-order valence-electron chi connectivity index (χ1n) is 7.16. The quantitative estimate of drug-likeness (QED) is 0.269. The van der Waals surface area contributed by atoms with Gasteiger partial charge in [-0.25, -0.2) is 4.57 Å². The van der Waals surface area contributed by atoms with E-state index in [1.165, 1.54) is 6.92 Å². The molecule has 5 N–H and O–H groups in total. The maximum atomic E-state index is 12.0. The molecule has 0 radical (unpaired) electrons. The number of carbonyl (C=O) groups is 1. The molecular formula is C12H26NO9P. The van der Waals surface area contributed by atoms with E-state index in [-0.39, 0.29) is 13.2 Å². The topological polar surface area (TPSA) is 155 Å². The largest absolute Gasteiger partial charge is 0.474 e. The van der Waals surface area contributed by atoms with Gasteiger partial charge in [-0.05, 0) is 13.8 Å². The zero-order valence-corrected chi connectivity index (χ0v) is 14.3. The molecule has 0 unspecified atom stereocenters. The van der Waals surface area contributed by atoms with Crippen molar-refractivity contribution in [1.29, 1.82) is 0 Å². The minimum atomic E-state index is -3.87. The van der Waals surface area contributed by atoms with Gasteiger partial charge in [0.25, 0.3) is 0 Å². The van der Waals surface area contributed by atoms with Crippen LogP contribution in [0.4, 0.5) is 0 Å². The van der Waals surface area contributed by atoms with E-state index < -0.39 is 51.3 Å². The van der Waals surface area contributed by atoms with Gasteiger partial charge in [-0.3, -0.25) is 18.4 Å². The Hall–Kier alpha value is -0.580. The second-order valence-corrected chi connectivity index (χ2v) is 6.29. The van der Waals surface area contributed by atoms with Crippen LogP contribution in [0.15, 0.2) is 0 Å². The van der Waals surface area contributed by atoms with Crippen molar-refractivity contribution in [2.24, 2.45) is 0 Å². The molecule has 0 fully saturated rings. The van der Waals surface area contributed by atoms with Crippen LogP contribution in [0, 0.1) is 0 Å². The summed E-state index contributed by atoms with van der Waals surface area (Å²) < 4.78 is 26.6. The Morgan fingerprint density at radius 3 is 2.00 bits per heavy atom. The van der Waals surface area contributed by atoms with Crippen molar-refractivity contribution in [1.82, 2.24) is 5.32 Å². The van der Waals surface area contributed by atoms with Gasteiger partial charge in [0.2, 0.25) is 5.91 Å². The highest BCUT2D eigenvalue weighted by Gasteiger charge is 2.34. The van der Waals surface area contributed by atoms with Crippen molar-refractivity contribution in [3.63, 3.8) is 0 Å². The van der Waals surface area contributed by atoms with Crippen LogP contribution in [0.2, 0.25) is 0 Å². The maximum Gasteiger partial charge on any atom is 0.474 e. The van der Waals surface area contributed by atoms with Crippen LogP contribution < -0.4 is 5.32 Å². The van der Waals surface area contributed by atoms with Crippen molar-refractivity contribution >= 4 is 13.7 Å². The second-order valence-electron chi connectivity index (χ2n) is 4.62. The van der Waals surface area contributed by atoms with Gasteiger partial charge in [0.1, 0.15) is 18.3 Å². The number of hydrogen-bond acceptors (Lipinski definition) is 9. The maximum absolute atomic E-state index is 12.0. The molecule has 23 heavy (non-hydrogen) atoms. The molecule has 0 aromatic heterocycles. The van der Waals surface area contributed by atoms with Gasteiger partial charge in [-0.1, -0.05) is 0 Å². The highest BCUT2D eigenvalue weighted by molar-refractivity contribution is 7.48. The fraction of sp³-hybridized carbons (Fsp3) is 0.917. The lowest BCUT2D eigenvalue weighted by molar-refractivity contribution is -0.124. The smallest absolute Gasteiger partial charge is 0.394 e. The molecule has 138 valence electrons. The third-order valence-corrected chi connectivity index (χ3v) is 4.33. The summed E-state index contributed by atoms with van der Waals surface area (Å²) in [6, 6.07) is -1.18. The first-order valence-corrected chi connectivity index (χ1v) is 8.62. The summed E-state index contributed by atoms with van der Waals surface area (Å²) in [6.45, 7) is 3.12. The van der Waals surface area contributed by atoms with E-state index in [4.69, 9.17) is 18.7 Å². The van der Waals surface area contributed by atoms with Gasteiger partial charge in [0.05, 0.1) is 32.5 Å². The molecule has 0 aliphatic carbocycles. The SMILES string of the molecule is CCOP(=O)(OCC)OC[C@@H](O)[C@@H](O)[C@H](O)[C@H](CO)NC(C)=O. The average Bonchev–Trinajstić information content (AvgIpc) is 2.49. The van der Waals surface area contributed by atoms with E-state index in [1.807, 2.05) is 0 Å². The van der Waals surface area contributed by atoms with Crippen LogP contribution in [0.25, 0.3) is 0 Å². The number of aliphatic hydroxyl groups is 4. The Kier molecular flexibility index (Phi) is 10.8. The van der Waals surface area contributed by atoms with Crippen molar-refractivity contribution in [2.45, 2.75) is 45.1 Å². The molecule has 0 rings (SSSR count). The molecular weight excluding hydrogens is 333 g/mol. The molecule has 0 saturated carbocycles. The zero-order chi connectivity index (χ0) is 18.0. The predicted octanol–water partition coefficient (Wildman–Crippen LogP) is -1.24. The summed E-state index contributed by atoms with van der Waals surface area (Å²) in [5.41, 5.74) is 0. The summed E-state index contributed by atoms with van der Waals surface area (Å²) in [5.74, 6) is -0.529. The van der Waals surface area contributed by atoms with E-state index in [0.29, 0.717) is 0 Å². The van der Waals surface area contributed by atoms with Crippen molar-refractivity contribution in [3.05, 3.63) is 0 Å². The number of phosphoric ester groups is 1. The lowest BCUT2D eigenvalue weighted by Gasteiger charge is -2.29. The second kappa shape index (κ2) is 11.1. The lowest BCUT2D eigenvalue weighted by Crippen LogP contribution is -2.54. The van der Waals surface area contributed by atoms with Crippen LogP contribution in [0.3, 0.4) is 0 Å². The first kappa shape index (κ1) is 22.4. The van der Waals surface area contributed by atoms with Crippen molar-refractivity contribution in [2.75, 3.05) is 26.4 Å². The van der Waals surface area contributed by atoms with Crippen LogP contribution in [0.5, 0.6) is 0 Å². The van der Waals surface area contributed by atoms with Gasteiger partial charge in [-0.15, -0.1) is 0 Å². The van der Waals surface area contributed by atoms with Gasteiger partial charge in [0.15, 0.2) is 0 Å². The van der Waals surface area contributed by atoms with E-state index in [2.05, 4.69) is 5.32 Å². The number of nitrogens with one attached hydrogen (secondary N) is 1. The molecule has 0 heterocycles. The third kappa shape index (κ3) is 8.18. The van der Waals surface area contributed by atoms with E-state index in [1.54, 1.807) is 13.8 Å². The molecule has 0 saturated heterocycles. The summed E-state index contributed by atoms with van der Waals surface area (Å²) in [6.07, 6.45) is -5.08. The molecule has 0 bridgehead atoms. The highest BCUT2D eigenvalue weighted by atomic mass is 31.2. The Morgan fingerprint density at radius 1 is 1.09 bits per heavy atom. The molecule has 0 aliphatic rings. The fourth-order valence-corrected chi connectivity index (χ4v) is 2.85. The highest BCUT2D eigenvalue weighted by Crippen LogP contribution is 2.49. The van der Waals surface area contributed by atoms with Gasteiger partial charge in [0, 0.05) is 6.92 Å². The summed E-state index contributed by atoms with van der Waals surface area (Å²) in [7, 11) is -3.87. The molecule has 10 nitrogen and oxygen atoms in total. The number of aliphatic hydroxyl groups excluding tert-OH is 4. The average molecular weight is 359 g/mol. The van der Waals surface area contributed by atoms with Gasteiger partial charge >= 0.3 is 7.82 Å². The van der Waals surface area contributed by atoms with Crippen LogP contribution in [-0.4, -0.2) is 77.1 Å². The number of amides is 1. The van der Waals surface area contributed by atoms with Gasteiger partial charge < -0.3 is 25.7 Å². The summed E-state index contributed by atoms with van der Waals surface area (Å²) in [5, 5.41) is 40.8. The van der Waals surface area contributed by atoms with Crippen molar-refractivity contribution in [3.8, 4) is 0 Å². The first-order chi connectivity index (χ1) is 10.7. The Labute approximate surface area is 135 Å². The number of rotatable bonds is 12. The third-order valence-electron chi connectivity index (χ3n) is 2.72. The molecule has 4 atom stereocenters. The van der Waals surface area contributed by atoms with E-state index in [0.717, 1.165) is 0 Å². The van der Waals surface area contributed by atoms with Crippen LogP contribution >= 0.6 is 7.82 Å². The minimum Gasteiger partial charge on any atom is -0.394 e. The minimum absolute atomic E-state index is 0.0493. The fourth-order valence-electron chi connectivity index (χ4n) is 1.66. The Morgan fingerprint density at radius 2 is 1.61 bits per heavy atom. The summed E-state index contributed by atoms with van der Waals surface area (Å²) in [4.78, 5) is 10.9. The van der Waals surface area contributed by atoms with E-state index >= 15 is 0 Å². The Bertz CT molecular complexity index is 385. The zero-order valence-electron chi connectivity index (χ0n) is 13.4. The number of carbonyl (C=O) groups excluding carboxylic acids is 1. The normalized spacial score (nSPS) is 17.3. The lowest BCUT2D eigenvalue weighted by atomic mass is 10.0. The molecule has 0 aliphatic heterocycles. The number of hydrogen-bond donors (Lipinski definition) is 5. The van der Waals surface area contributed by atoms with Crippen LogP contribution in [-0.2, 0) is 22.9 Å². The number of phosphoric acid groups is 1. The molecule has 0 aromatic carbocycles. The standard InChI is InChI=1S/C12H26NO9P/c1-4-20-23(19,21-5-2)22-7-10(16)12(18)11(17)9(6-14)13-8(3)15/h9-12,14,16-18H,4-7H2,1-3H3,(H,13,15)/t9-,10+,11+,12+/m0/s1. The van der Waals surface area contributed by atoms with E-state index in [9.17, 15) is 24.7 Å². The van der Waals surface area contributed by atoms with Crippen LogP contribution in [0.1, 0.15) is 20.8 Å².